The van der Waals surface area contributed by atoms with Crippen LogP contribution in [0.5, 0.6) is 11.5 Å². The van der Waals surface area contributed by atoms with Crippen LogP contribution in [0.25, 0.3) is 0 Å². The number of hydrogen-bond donors (Lipinski definition) is 1. The highest BCUT2D eigenvalue weighted by atomic mass is 79.9. The zero-order valence-corrected chi connectivity index (χ0v) is 17.4. The molecule has 7 heteroatoms. The van der Waals surface area contributed by atoms with E-state index >= 15 is 0 Å². The Morgan fingerprint density at radius 1 is 1.15 bits per heavy atom. The summed E-state index contributed by atoms with van der Waals surface area (Å²) in [5.41, 5.74) is 7.60. The largest absolute Gasteiger partial charge is 0.497 e. The predicted molar refractivity (Wildman–Crippen MR) is 108 cm³/mol. The van der Waals surface area contributed by atoms with Crippen molar-refractivity contribution in [2.45, 2.75) is 26.2 Å². The van der Waals surface area contributed by atoms with E-state index in [1.165, 1.54) is 0 Å². The molecule has 0 spiro atoms. The molecule has 2 N–H and O–H groups in total. The fourth-order valence-electron chi connectivity index (χ4n) is 2.16. The highest BCUT2D eigenvalue weighted by Crippen LogP contribution is 2.31. The van der Waals surface area contributed by atoms with Crippen LogP contribution >= 0.6 is 15.9 Å². The van der Waals surface area contributed by atoms with Crippen LogP contribution in [0.1, 0.15) is 31.9 Å². The molecule has 0 saturated carbocycles. The maximum atomic E-state index is 11.8. The van der Waals surface area contributed by atoms with Crippen molar-refractivity contribution in [3.05, 3.63) is 58.1 Å². The van der Waals surface area contributed by atoms with Crippen molar-refractivity contribution in [2.24, 2.45) is 10.9 Å². The molecule has 2 aromatic rings. The number of nitrogens with two attached hydrogens (primary N) is 1. The summed E-state index contributed by atoms with van der Waals surface area (Å²) in [6.07, 6.45) is 0. The number of benzene rings is 2. The minimum absolute atomic E-state index is 0.0215. The first-order chi connectivity index (χ1) is 12.7. The number of rotatable bonds is 6. The molecule has 2 rings (SSSR count). The van der Waals surface area contributed by atoms with Crippen LogP contribution in [0.2, 0.25) is 0 Å². The van der Waals surface area contributed by atoms with Gasteiger partial charge in [-0.15, -0.1) is 0 Å². The summed E-state index contributed by atoms with van der Waals surface area (Å²) < 4.78 is 11.3. The smallest absolute Gasteiger partial charge is 0.372 e. The molecule has 0 aliphatic rings. The van der Waals surface area contributed by atoms with Gasteiger partial charge in [-0.2, -0.15) is 0 Å². The van der Waals surface area contributed by atoms with Gasteiger partial charge in [-0.1, -0.05) is 32.0 Å². The van der Waals surface area contributed by atoms with E-state index in [2.05, 4.69) is 41.9 Å². The van der Waals surface area contributed by atoms with Crippen LogP contribution in [0, 0.1) is 0 Å². The molecule has 0 fully saturated rings. The topological polar surface area (TPSA) is 83.1 Å². The Hall–Kier alpha value is -2.54. The minimum atomic E-state index is -0.654. The average Bonchev–Trinajstić information content (AvgIpc) is 2.64. The van der Waals surface area contributed by atoms with Gasteiger partial charge in [-0.3, -0.25) is 0 Å². The van der Waals surface area contributed by atoms with Crippen LogP contribution in [0.3, 0.4) is 0 Å². The summed E-state index contributed by atoms with van der Waals surface area (Å²) in [7, 11) is 1.57. The van der Waals surface area contributed by atoms with Crippen molar-refractivity contribution < 1.29 is 19.1 Å². The normalized spacial score (nSPS) is 11.8. The second-order valence-corrected chi connectivity index (χ2v) is 7.71. The van der Waals surface area contributed by atoms with Gasteiger partial charge in [0.05, 0.1) is 11.6 Å². The Morgan fingerprint density at radius 3 is 2.37 bits per heavy atom. The van der Waals surface area contributed by atoms with E-state index in [1.54, 1.807) is 31.4 Å². The lowest BCUT2D eigenvalue weighted by Crippen LogP contribution is -2.18. The molecule has 6 nitrogen and oxygen atoms in total. The predicted octanol–water partition coefficient (Wildman–Crippen LogP) is 4.00. The fourth-order valence-corrected chi connectivity index (χ4v) is 2.66. The zero-order chi connectivity index (χ0) is 20.0. The number of hydrogen-bond acceptors (Lipinski definition) is 5. The summed E-state index contributed by atoms with van der Waals surface area (Å²) in [6.45, 7) is 6.08. The van der Waals surface area contributed by atoms with Gasteiger partial charge in [0.1, 0.15) is 11.5 Å². The van der Waals surface area contributed by atoms with Gasteiger partial charge in [0, 0.05) is 5.56 Å². The summed E-state index contributed by atoms with van der Waals surface area (Å²) >= 11 is 3.46. The number of ether oxygens (including phenoxy) is 2. The van der Waals surface area contributed by atoms with E-state index in [-0.39, 0.29) is 17.9 Å². The Bertz CT molecular complexity index is 827. The molecule has 27 heavy (non-hydrogen) atoms. The molecule has 0 amide bonds. The van der Waals surface area contributed by atoms with Gasteiger partial charge in [-0.25, -0.2) is 4.79 Å². The minimum Gasteiger partial charge on any atom is -0.497 e. The molecule has 144 valence electrons. The Kier molecular flexibility index (Phi) is 6.85. The van der Waals surface area contributed by atoms with Gasteiger partial charge in [0.2, 0.25) is 0 Å². The summed E-state index contributed by atoms with van der Waals surface area (Å²) in [5.74, 6) is 0.673. The number of oxime groups is 1. The third-order valence-electron chi connectivity index (χ3n) is 3.78. The molecule has 0 unspecified atom stereocenters. The van der Waals surface area contributed by atoms with Crippen LogP contribution < -0.4 is 15.2 Å². The first-order valence-corrected chi connectivity index (χ1v) is 9.10. The summed E-state index contributed by atoms with van der Waals surface area (Å²) in [6, 6.07) is 12.7. The first-order valence-electron chi connectivity index (χ1n) is 8.31. The van der Waals surface area contributed by atoms with Crippen molar-refractivity contribution in [2.75, 3.05) is 13.7 Å². The number of halogens is 1. The molecule has 0 aliphatic heterocycles. The van der Waals surface area contributed by atoms with Crippen LogP contribution in [-0.2, 0) is 15.0 Å². The van der Waals surface area contributed by atoms with E-state index < -0.39 is 5.97 Å². The van der Waals surface area contributed by atoms with Crippen LogP contribution in [0.4, 0.5) is 0 Å². The fraction of sp³-hybridized carbons (Fsp3) is 0.300. The van der Waals surface area contributed by atoms with Crippen LogP contribution in [-0.4, -0.2) is 25.5 Å². The molecule has 0 aliphatic carbocycles. The summed E-state index contributed by atoms with van der Waals surface area (Å²) in [5, 5.41) is 3.64. The molecule has 0 saturated heterocycles. The Labute approximate surface area is 167 Å². The van der Waals surface area contributed by atoms with Gasteiger partial charge in [0.25, 0.3) is 0 Å². The monoisotopic (exact) mass is 434 g/mol. The zero-order valence-electron chi connectivity index (χ0n) is 15.8. The molecule has 0 aromatic heterocycles. The standard InChI is InChI=1S/C20H23BrN2O4/c1-20(2,3)14-7-10-17(16(21)11-14)26-12-18(24)27-23-19(22)13-5-8-15(25-4)9-6-13/h5-11H,12H2,1-4H3,(H2,22,23). The Balaban J connectivity index is 1.92. The summed E-state index contributed by atoms with van der Waals surface area (Å²) in [4.78, 5) is 16.7. The molecular formula is C20H23BrN2O4. The Morgan fingerprint density at radius 2 is 1.81 bits per heavy atom. The van der Waals surface area contributed by atoms with E-state index in [0.717, 1.165) is 10.0 Å². The van der Waals surface area contributed by atoms with Crippen LogP contribution in [0.15, 0.2) is 52.1 Å². The highest BCUT2D eigenvalue weighted by molar-refractivity contribution is 9.10. The molecular weight excluding hydrogens is 412 g/mol. The lowest BCUT2D eigenvalue weighted by molar-refractivity contribution is -0.146. The van der Waals surface area contributed by atoms with Crippen molar-refractivity contribution in [1.82, 2.24) is 0 Å². The lowest BCUT2D eigenvalue weighted by Gasteiger charge is -2.20. The van der Waals surface area contributed by atoms with Crippen molar-refractivity contribution in [3.8, 4) is 11.5 Å². The number of carbonyl (C=O) groups excluding carboxylic acids is 1. The third-order valence-corrected chi connectivity index (χ3v) is 4.39. The van der Waals surface area contributed by atoms with Gasteiger partial charge < -0.3 is 20.0 Å². The molecule has 2 aromatic carbocycles. The maximum absolute atomic E-state index is 11.8. The van der Waals surface area contributed by atoms with Gasteiger partial charge >= 0.3 is 5.97 Å². The van der Waals surface area contributed by atoms with E-state index in [1.807, 2.05) is 18.2 Å². The molecule has 0 radical (unpaired) electrons. The molecule has 0 atom stereocenters. The van der Waals surface area contributed by atoms with E-state index in [4.69, 9.17) is 20.0 Å². The lowest BCUT2D eigenvalue weighted by atomic mass is 9.87. The third kappa shape index (κ3) is 5.99. The molecule has 0 heterocycles. The van der Waals surface area contributed by atoms with Crippen molar-refractivity contribution in [3.63, 3.8) is 0 Å². The second-order valence-electron chi connectivity index (χ2n) is 6.85. The number of methoxy groups -OCH3 is 1. The number of amidine groups is 1. The van der Waals surface area contributed by atoms with Crippen molar-refractivity contribution >= 4 is 27.7 Å². The quantitative estimate of drug-likeness (QED) is 0.321. The second kappa shape index (κ2) is 8.90. The van der Waals surface area contributed by atoms with Gasteiger partial charge in [-0.05, 0) is 63.3 Å². The SMILES string of the molecule is COc1ccc(/C(N)=N\OC(=O)COc2ccc(C(C)(C)C)cc2Br)cc1. The highest BCUT2D eigenvalue weighted by Gasteiger charge is 2.16. The first kappa shape index (κ1) is 20.8. The molecule has 0 bridgehead atoms. The van der Waals surface area contributed by atoms with E-state index in [9.17, 15) is 4.79 Å². The average molecular weight is 435 g/mol. The number of nitrogens with zero attached hydrogens (tertiary/aromatic N) is 1. The van der Waals surface area contributed by atoms with Gasteiger partial charge in [0.15, 0.2) is 12.4 Å². The maximum Gasteiger partial charge on any atom is 0.372 e. The van der Waals surface area contributed by atoms with E-state index in [0.29, 0.717) is 17.1 Å². The van der Waals surface area contributed by atoms with Crippen molar-refractivity contribution in [1.29, 1.82) is 0 Å². The number of carbonyl (C=O) groups is 1.